The van der Waals surface area contributed by atoms with Crippen molar-refractivity contribution < 1.29 is 23.8 Å². The van der Waals surface area contributed by atoms with Gasteiger partial charge in [-0.3, -0.25) is 4.57 Å². The summed E-state index contributed by atoms with van der Waals surface area (Å²) in [6, 6.07) is 18.3. The van der Waals surface area contributed by atoms with E-state index in [2.05, 4.69) is 4.98 Å². The lowest BCUT2D eigenvalue weighted by molar-refractivity contribution is 0.0538. The number of hydrogen-bond donors (Lipinski definition) is 1. The van der Waals surface area contributed by atoms with Gasteiger partial charge in [0.1, 0.15) is 11.5 Å². The SMILES string of the molecule is NC(=O)Oc1nccc(Oc2ccc3c(ccn3C(=O)N3CCOCC3)c2)c1-c1ccccc1. The van der Waals surface area contributed by atoms with Gasteiger partial charge in [-0.15, -0.1) is 0 Å². The Morgan fingerprint density at radius 1 is 1.00 bits per heavy atom. The Morgan fingerprint density at radius 2 is 1.79 bits per heavy atom. The molecule has 2 aromatic carbocycles. The van der Waals surface area contributed by atoms with Crippen LogP contribution in [0.3, 0.4) is 0 Å². The second-order valence-electron chi connectivity index (χ2n) is 7.67. The number of ether oxygens (including phenoxy) is 3. The van der Waals surface area contributed by atoms with Crippen LogP contribution in [0.5, 0.6) is 17.4 Å². The van der Waals surface area contributed by atoms with E-state index in [1.807, 2.05) is 48.5 Å². The van der Waals surface area contributed by atoms with Gasteiger partial charge in [0.15, 0.2) is 0 Å². The van der Waals surface area contributed by atoms with Gasteiger partial charge in [-0.2, -0.15) is 0 Å². The second kappa shape index (κ2) is 9.24. The van der Waals surface area contributed by atoms with Crippen molar-refractivity contribution in [3.05, 3.63) is 73.1 Å². The Balaban J connectivity index is 1.48. The van der Waals surface area contributed by atoms with Gasteiger partial charge < -0.3 is 24.8 Å². The third-order valence-electron chi connectivity index (χ3n) is 5.51. The fourth-order valence-corrected chi connectivity index (χ4v) is 3.94. The molecule has 34 heavy (non-hydrogen) atoms. The smallest absolute Gasteiger partial charge is 0.411 e. The van der Waals surface area contributed by atoms with Crippen LogP contribution in [0.15, 0.2) is 73.1 Å². The van der Waals surface area contributed by atoms with E-state index < -0.39 is 6.09 Å². The second-order valence-corrected chi connectivity index (χ2v) is 7.67. The van der Waals surface area contributed by atoms with Gasteiger partial charge in [-0.25, -0.2) is 14.6 Å². The minimum absolute atomic E-state index is 0.0551. The highest BCUT2D eigenvalue weighted by molar-refractivity contribution is 5.92. The van der Waals surface area contributed by atoms with Crippen LogP contribution in [-0.2, 0) is 4.74 Å². The molecule has 0 saturated carbocycles. The lowest BCUT2D eigenvalue weighted by atomic mass is 10.1. The van der Waals surface area contributed by atoms with Crippen LogP contribution >= 0.6 is 0 Å². The molecular weight excluding hydrogens is 436 g/mol. The summed E-state index contributed by atoms with van der Waals surface area (Å²) in [5.41, 5.74) is 7.27. The normalized spacial score (nSPS) is 13.6. The summed E-state index contributed by atoms with van der Waals surface area (Å²) in [4.78, 5) is 30.3. The molecule has 9 heteroatoms. The van der Waals surface area contributed by atoms with E-state index >= 15 is 0 Å². The molecule has 1 aliphatic rings. The molecule has 1 fully saturated rings. The topological polar surface area (TPSA) is 109 Å². The third-order valence-corrected chi connectivity index (χ3v) is 5.51. The van der Waals surface area contributed by atoms with Crippen LogP contribution in [0, 0.1) is 0 Å². The Labute approximate surface area is 195 Å². The maximum absolute atomic E-state index is 12.9. The summed E-state index contributed by atoms with van der Waals surface area (Å²) >= 11 is 0. The summed E-state index contributed by atoms with van der Waals surface area (Å²) in [7, 11) is 0. The number of nitrogens with two attached hydrogens (primary N) is 1. The number of fused-ring (bicyclic) bond motifs is 1. The largest absolute Gasteiger partial charge is 0.456 e. The summed E-state index contributed by atoms with van der Waals surface area (Å²) in [5.74, 6) is 1.05. The van der Waals surface area contributed by atoms with Crippen molar-refractivity contribution >= 4 is 23.0 Å². The number of hydrogen-bond acceptors (Lipinski definition) is 6. The van der Waals surface area contributed by atoms with Gasteiger partial charge >= 0.3 is 12.1 Å². The van der Waals surface area contributed by atoms with Crippen LogP contribution in [0.4, 0.5) is 9.59 Å². The molecule has 5 rings (SSSR count). The van der Waals surface area contributed by atoms with Crippen LogP contribution in [0.1, 0.15) is 0 Å². The lowest BCUT2D eigenvalue weighted by Gasteiger charge is -2.27. The average molecular weight is 458 g/mol. The predicted molar refractivity (Wildman–Crippen MR) is 125 cm³/mol. The summed E-state index contributed by atoms with van der Waals surface area (Å²) in [6.45, 7) is 2.22. The molecule has 1 aliphatic heterocycles. The van der Waals surface area contributed by atoms with E-state index in [1.165, 1.54) is 6.20 Å². The molecule has 4 aromatic rings. The Hall–Kier alpha value is -4.37. The molecule has 0 atom stereocenters. The number of carbonyl (C=O) groups is 2. The summed E-state index contributed by atoms with van der Waals surface area (Å²) in [5, 5.41) is 0.850. The Kier molecular flexibility index (Phi) is 5.84. The first-order valence-electron chi connectivity index (χ1n) is 10.8. The lowest BCUT2D eigenvalue weighted by Crippen LogP contribution is -2.42. The first-order valence-corrected chi connectivity index (χ1v) is 10.8. The van der Waals surface area contributed by atoms with Crippen molar-refractivity contribution in [3.8, 4) is 28.5 Å². The van der Waals surface area contributed by atoms with Gasteiger partial charge in [-0.1, -0.05) is 30.3 Å². The van der Waals surface area contributed by atoms with Gasteiger partial charge in [0.05, 0.1) is 24.3 Å². The summed E-state index contributed by atoms with van der Waals surface area (Å²) in [6.07, 6.45) is 2.28. The molecule has 0 radical (unpaired) electrons. The van der Waals surface area contributed by atoms with Gasteiger partial charge in [0.2, 0.25) is 5.88 Å². The molecular formula is C25H22N4O5. The number of carbonyl (C=O) groups excluding carboxylic acids is 2. The highest BCUT2D eigenvalue weighted by Crippen LogP contribution is 2.39. The van der Waals surface area contributed by atoms with Crippen molar-refractivity contribution in [1.29, 1.82) is 0 Å². The van der Waals surface area contributed by atoms with E-state index in [0.29, 0.717) is 43.4 Å². The zero-order valence-electron chi connectivity index (χ0n) is 18.2. The Bertz CT molecular complexity index is 1350. The van der Waals surface area contributed by atoms with Crippen LogP contribution in [-0.4, -0.2) is 52.9 Å². The number of rotatable bonds is 4. The van der Waals surface area contributed by atoms with Crippen molar-refractivity contribution in [3.63, 3.8) is 0 Å². The quantitative estimate of drug-likeness (QED) is 0.490. The molecule has 2 N–H and O–H groups in total. The number of primary amides is 1. The Morgan fingerprint density at radius 3 is 2.56 bits per heavy atom. The van der Waals surface area contributed by atoms with Crippen molar-refractivity contribution in [2.45, 2.75) is 0 Å². The monoisotopic (exact) mass is 458 g/mol. The minimum Gasteiger partial charge on any atom is -0.456 e. The molecule has 0 aliphatic carbocycles. The van der Waals surface area contributed by atoms with Crippen molar-refractivity contribution in [1.82, 2.24) is 14.5 Å². The number of amides is 2. The standard InChI is InChI=1S/C25H22N4O5/c26-24(30)34-23-22(17-4-2-1-3-5-17)21(8-10-27-23)33-19-6-7-20-18(16-19)9-11-29(20)25(31)28-12-14-32-15-13-28/h1-11,16H,12-15H2,(H2,26,30). The first-order chi connectivity index (χ1) is 16.6. The fraction of sp³-hybridized carbons (Fsp3) is 0.160. The van der Waals surface area contributed by atoms with E-state index in [9.17, 15) is 9.59 Å². The number of aromatic nitrogens is 2. The minimum atomic E-state index is -0.963. The zero-order valence-corrected chi connectivity index (χ0v) is 18.2. The van der Waals surface area contributed by atoms with E-state index in [0.717, 1.165) is 16.5 Å². The van der Waals surface area contributed by atoms with Gasteiger partial charge in [0, 0.05) is 36.9 Å². The molecule has 9 nitrogen and oxygen atoms in total. The maximum Gasteiger partial charge on any atom is 0.411 e. The number of benzene rings is 2. The van der Waals surface area contributed by atoms with E-state index in [4.69, 9.17) is 19.9 Å². The molecule has 2 amide bonds. The molecule has 0 spiro atoms. The van der Waals surface area contributed by atoms with Gasteiger partial charge in [0.25, 0.3) is 0 Å². The maximum atomic E-state index is 12.9. The number of nitrogens with zero attached hydrogens (tertiary/aromatic N) is 3. The fourth-order valence-electron chi connectivity index (χ4n) is 3.94. The zero-order chi connectivity index (χ0) is 23.5. The highest BCUT2D eigenvalue weighted by Gasteiger charge is 2.21. The molecule has 3 heterocycles. The van der Waals surface area contributed by atoms with Crippen molar-refractivity contribution in [2.24, 2.45) is 5.73 Å². The number of morpholine rings is 1. The van der Waals surface area contributed by atoms with Crippen molar-refractivity contribution in [2.75, 3.05) is 26.3 Å². The predicted octanol–water partition coefficient (Wildman–Crippen LogP) is 4.25. The molecule has 172 valence electrons. The highest BCUT2D eigenvalue weighted by atomic mass is 16.6. The van der Waals surface area contributed by atoms with E-state index in [1.54, 1.807) is 27.8 Å². The van der Waals surface area contributed by atoms with Crippen LogP contribution in [0.25, 0.3) is 22.0 Å². The molecule has 0 bridgehead atoms. The molecule has 2 aromatic heterocycles. The first kappa shape index (κ1) is 21.5. The average Bonchev–Trinajstić information content (AvgIpc) is 3.28. The molecule has 1 saturated heterocycles. The van der Waals surface area contributed by atoms with Crippen LogP contribution in [0.2, 0.25) is 0 Å². The van der Waals surface area contributed by atoms with Crippen LogP contribution < -0.4 is 15.2 Å². The van der Waals surface area contributed by atoms with E-state index in [-0.39, 0.29) is 11.9 Å². The third kappa shape index (κ3) is 4.28. The number of pyridine rings is 1. The molecule has 0 unspecified atom stereocenters. The summed E-state index contributed by atoms with van der Waals surface area (Å²) < 4.78 is 18.3. The van der Waals surface area contributed by atoms with Gasteiger partial charge in [-0.05, 0) is 29.8 Å².